The lowest BCUT2D eigenvalue weighted by Gasteiger charge is -2.47. The van der Waals surface area contributed by atoms with E-state index < -0.39 is 5.91 Å². The van der Waals surface area contributed by atoms with Crippen LogP contribution < -0.4 is 16.4 Å². The molecule has 1 fully saturated rings. The molecule has 4 N–H and O–H groups in total. The van der Waals surface area contributed by atoms with Crippen LogP contribution in [0.2, 0.25) is 0 Å². The standard InChI is InChI=1S/C17H23N3O2/c1-9-14(18)12-8-11(16(19)22)4-5-13(12)20(10(2)21)15(9)17(3)6-7-17/h4-5,8-9,14-15H,6-7,18H2,1-3H3,(H2,19,22)/t9-,14-,15+/m1/s1. The fraction of sp³-hybridized carbons (Fsp3) is 0.529. The lowest BCUT2D eigenvalue weighted by atomic mass is 9.76. The van der Waals surface area contributed by atoms with Gasteiger partial charge in [-0.3, -0.25) is 9.59 Å². The first-order valence-electron chi connectivity index (χ1n) is 7.75. The molecule has 1 aromatic rings. The summed E-state index contributed by atoms with van der Waals surface area (Å²) in [6, 6.07) is 5.12. The second-order valence-corrected chi connectivity index (χ2v) is 7.01. The highest BCUT2D eigenvalue weighted by Crippen LogP contribution is 2.56. The summed E-state index contributed by atoms with van der Waals surface area (Å²) in [4.78, 5) is 25.6. The van der Waals surface area contributed by atoms with Crippen LogP contribution in [0.4, 0.5) is 5.69 Å². The van der Waals surface area contributed by atoms with Gasteiger partial charge >= 0.3 is 0 Å². The van der Waals surface area contributed by atoms with Crippen molar-refractivity contribution in [1.82, 2.24) is 0 Å². The maximum absolute atomic E-state index is 12.3. The molecule has 2 aliphatic rings. The van der Waals surface area contributed by atoms with Gasteiger partial charge in [0.2, 0.25) is 11.8 Å². The molecule has 0 bridgehead atoms. The SMILES string of the molecule is CC(=O)N1c2ccc(C(N)=O)cc2[C@H](N)[C@@H](C)[C@H]1C1(C)CC1. The van der Waals surface area contributed by atoms with Crippen LogP contribution in [0.25, 0.3) is 0 Å². The fourth-order valence-electron chi connectivity index (χ4n) is 3.86. The van der Waals surface area contributed by atoms with E-state index in [0.29, 0.717) is 5.56 Å². The van der Waals surface area contributed by atoms with E-state index >= 15 is 0 Å². The third kappa shape index (κ3) is 2.11. The molecule has 3 rings (SSSR count). The predicted molar refractivity (Wildman–Crippen MR) is 85.3 cm³/mol. The van der Waals surface area contributed by atoms with Crippen molar-refractivity contribution in [2.75, 3.05) is 4.90 Å². The van der Waals surface area contributed by atoms with Gasteiger partial charge in [-0.2, -0.15) is 0 Å². The molecule has 1 heterocycles. The van der Waals surface area contributed by atoms with Crippen LogP contribution in [0.15, 0.2) is 18.2 Å². The number of hydrogen-bond donors (Lipinski definition) is 2. The van der Waals surface area contributed by atoms with Gasteiger partial charge in [0.1, 0.15) is 0 Å². The van der Waals surface area contributed by atoms with E-state index in [1.54, 1.807) is 25.1 Å². The number of carbonyl (C=O) groups excluding carboxylic acids is 2. The van der Waals surface area contributed by atoms with Crippen molar-refractivity contribution in [2.45, 2.75) is 45.7 Å². The smallest absolute Gasteiger partial charge is 0.248 e. The number of benzene rings is 1. The molecule has 5 heteroatoms. The molecule has 0 saturated heterocycles. The van der Waals surface area contributed by atoms with Gasteiger partial charge in [-0.05, 0) is 47.9 Å². The third-order valence-electron chi connectivity index (χ3n) is 5.37. The van der Waals surface area contributed by atoms with Gasteiger partial charge in [0.15, 0.2) is 0 Å². The molecule has 2 amide bonds. The average molecular weight is 301 g/mol. The molecule has 118 valence electrons. The Bertz CT molecular complexity index is 651. The van der Waals surface area contributed by atoms with E-state index in [2.05, 4.69) is 13.8 Å². The quantitative estimate of drug-likeness (QED) is 0.875. The maximum atomic E-state index is 12.3. The van der Waals surface area contributed by atoms with Gasteiger partial charge in [-0.25, -0.2) is 0 Å². The molecule has 1 aromatic carbocycles. The Labute approximate surface area is 130 Å². The van der Waals surface area contributed by atoms with Crippen molar-refractivity contribution in [1.29, 1.82) is 0 Å². The normalized spacial score (nSPS) is 28.9. The number of amides is 2. The molecular formula is C17H23N3O2. The largest absolute Gasteiger partial charge is 0.366 e. The van der Waals surface area contributed by atoms with Gasteiger partial charge < -0.3 is 16.4 Å². The van der Waals surface area contributed by atoms with Gasteiger partial charge in [0, 0.05) is 30.3 Å². The summed E-state index contributed by atoms with van der Waals surface area (Å²) < 4.78 is 0. The number of nitrogens with two attached hydrogens (primary N) is 2. The number of anilines is 1. The zero-order valence-corrected chi connectivity index (χ0v) is 13.3. The predicted octanol–water partition coefficient (Wildman–Crippen LogP) is 1.96. The Kier molecular flexibility index (Phi) is 3.29. The van der Waals surface area contributed by atoms with Crippen molar-refractivity contribution in [3.63, 3.8) is 0 Å². The minimum Gasteiger partial charge on any atom is -0.366 e. The first kappa shape index (κ1) is 15.0. The summed E-state index contributed by atoms with van der Waals surface area (Å²) in [5.74, 6) is -0.328. The Balaban J connectivity index is 2.15. The molecule has 0 spiro atoms. The van der Waals surface area contributed by atoms with E-state index in [1.165, 1.54) is 0 Å². The molecule has 1 aliphatic heterocycles. The molecule has 3 atom stereocenters. The summed E-state index contributed by atoms with van der Waals surface area (Å²) in [5, 5.41) is 0. The Hall–Kier alpha value is -1.88. The van der Waals surface area contributed by atoms with Crippen LogP contribution in [0.1, 0.15) is 55.6 Å². The highest BCUT2D eigenvalue weighted by Gasteiger charge is 2.54. The van der Waals surface area contributed by atoms with Crippen molar-refractivity contribution in [3.05, 3.63) is 29.3 Å². The summed E-state index contributed by atoms with van der Waals surface area (Å²) in [7, 11) is 0. The third-order valence-corrected chi connectivity index (χ3v) is 5.37. The summed E-state index contributed by atoms with van der Waals surface area (Å²) in [5.41, 5.74) is 14.0. The summed E-state index contributed by atoms with van der Waals surface area (Å²) in [6.07, 6.45) is 2.24. The summed E-state index contributed by atoms with van der Waals surface area (Å²) >= 11 is 0. The van der Waals surface area contributed by atoms with Gasteiger partial charge in [-0.1, -0.05) is 13.8 Å². The molecule has 1 aliphatic carbocycles. The van der Waals surface area contributed by atoms with Crippen molar-refractivity contribution in [2.24, 2.45) is 22.8 Å². The minimum absolute atomic E-state index is 0.0185. The van der Waals surface area contributed by atoms with Crippen LogP contribution in [-0.2, 0) is 4.79 Å². The Morgan fingerprint density at radius 2 is 1.95 bits per heavy atom. The molecule has 0 unspecified atom stereocenters. The lowest BCUT2D eigenvalue weighted by Crippen LogP contribution is -2.54. The second kappa shape index (κ2) is 4.81. The first-order valence-corrected chi connectivity index (χ1v) is 7.75. The van der Waals surface area contributed by atoms with Crippen molar-refractivity contribution < 1.29 is 9.59 Å². The Morgan fingerprint density at radius 1 is 1.32 bits per heavy atom. The molecule has 0 aromatic heterocycles. The van der Waals surface area contributed by atoms with E-state index in [4.69, 9.17) is 11.5 Å². The Morgan fingerprint density at radius 3 is 2.45 bits per heavy atom. The van der Waals surface area contributed by atoms with Crippen LogP contribution in [0, 0.1) is 11.3 Å². The van der Waals surface area contributed by atoms with E-state index in [-0.39, 0.29) is 29.3 Å². The number of fused-ring (bicyclic) bond motifs is 1. The second-order valence-electron chi connectivity index (χ2n) is 7.01. The van der Waals surface area contributed by atoms with Gasteiger partial charge in [0.05, 0.1) is 0 Å². The average Bonchev–Trinajstić information content (AvgIpc) is 3.20. The first-order chi connectivity index (χ1) is 10.3. The van der Waals surface area contributed by atoms with Crippen LogP contribution in [0.3, 0.4) is 0 Å². The van der Waals surface area contributed by atoms with E-state index in [1.807, 2.05) is 4.90 Å². The zero-order valence-electron chi connectivity index (χ0n) is 13.3. The topological polar surface area (TPSA) is 89.4 Å². The number of rotatable bonds is 2. The van der Waals surface area contributed by atoms with E-state index in [9.17, 15) is 9.59 Å². The monoisotopic (exact) mass is 301 g/mol. The lowest BCUT2D eigenvalue weighted by molar-refractivity contribution is -0.117. The number of carbonyl (C=O) groups is 2. The maximum Gasteiger partial charge on any atom is 0.248 e. The molecule has 5 nitrogen and oxygen atoms in total. The fourth-order valence-corrected chi connectivity index (χ4v) is 3.86. The molecular weight excluding hydrogens is 278 g/mol. The minimum atomic E-state index is -0.478. The van der Waals surface area contributed by atoms with E-state index in [0.717, 1.165) is 24.1 Å². The molecule has 1 saturated carbocycles. The number of nitrogens with zero attached hydrogens (tertiary/aromatic N) is 1. The van der Waals surface area contributed by atoms with Crippen LogP contribution >= 0.6 is 0 Å². The number of primary amides is 1. The van der Waals surface area contributed by atoms with Crippen molar-refractivity contribution >= 4 is 17.5 Å². The molecule has 22 heavy (non-hydrogen) atoms. The number of hydrogen-bond acceptors (Lipinski definition) is 3. The van der Waals surface area contributed by atoms with Gasteiger partial charge in [-0.15, -0.1) is 0 Å². The van der Waals surface area contributed by atoms with Gasteiger partial charge in [0.25, 0.3) is 0 Å². The zero-order chi connectivity index (χ0) is 16.2. The van der Waals surface area contributed by atoms with Crippen molar-refractivity contribution in [3.8, 4) is 0 Å². The highest BCUT2D eigenvalue weighted by molar-refractivity contribution is 5.97. The highest BCUT2D eigenvalue weighted by atomic mass is 16.2. The summed E-state index contributed by atoms with van der Waals surface area (Å²) in [6.45, 7) is 5.91. The van der Waals surface area contributed by atoms with Crippen LogP contribution in [-0.4, -0.2) is 17.9 Å². The molecule has 0 radical (unpaired) electrons. The van der Waals surface area contributed by atoms with Crippen LogP contribution in [0.5, 0.6) is 0 Å².